The van der Waals surface area contributed by atoms with Gasteiger partial charge in [-0.25, -0.2) is 23.1 Å². The van der Waals surface area contributed by atoms with Gasteiger partial charge >= 0.3 is 0 Å². The number of aromatic nitrogens is 2. The van der Waals surface area contributed by atoms with E-state index in [1.165, 1.54) is 19.0 Å². The lowest BCUT2D eigenvalue weighted by atomic mass is 10.1. The summed E-state index contributed by atoms with van der Waals surface area (Å²) in [6, 6.07) is 3.83. The van der Waals surface area contributed by atoms with Gasteiger partial charge in [-0.15, -0.1) is 0 Å². The van der Waals surface area contributed by atoms with E-state index in [4.69, 9.17) is 5.26 Å². The van der Waals surface area contributed by atoms with Gasteiger partial charge in [0.05, 0.1) is 0 Å². The van der Waals surface area contributed by atoms with Gasteiger partial charge in [0.1, 0.15) is 11.9 Å². The van der Waals surface area contributed by atoms with Gasteiger partial charge in [-0.1, -0.05) is 25.7 Å². The first-order valence-corrected chi connectivity index (χ1v) is 8.27. The minimum atomic E-state index is -1.52. The second-order valence-corrected chi connectivity index (χ2v) is 6.15. The summed E-state index contributed by atoms with van der Waals surface area (Å²) in [4.78, 5) is 8.03. The standard InChI is InChI=1S/C18H17F3N4/c19-14-7-11(8-15(20)17(14)21)13-10-23-16(9-22)25-18(13)24-12-5-3-1-2-4-6-12/h7-8,10,12H,1-6H2,(H,23,24,25). The fraction of sp³-hybridized carbons (Fsp3) is 0.389. The smallest absolute Gasteiger partial charge is 0.234 e. The second-order valence-electron chi connectivity index (χ2n) is 6.15. The molecule has 2 aromatic rings. The molecule has 25 heavy (non-hydrogen) atoms. The fourth-order valence-corrected chi connectivity index (χ4v) is 3.09. The Morgan fingerprint density at radius 1 is 1.04 bits per heavy atom. The minimum Gasteiger partial charge on any atom is -0.367 e. The average Bonchev–Trinajstić information content (AvgIpc) is 2.88. The lowest BCUT2D eigenvalue weighted by Gasteiger charge is -2.19. The molecule has 0 unspecified atom stereocenters. The Labute approximate surface area is 143 Å². The van der Waals surface area contributed by atoms with Crippen LogP contribution >= 0.6 is 0 Å². The van der Waals surface area contributed by atoms with Crippen LogP contribution in [0.3, 0.4) is 0 Å². The lowest BCUT2D eigenvalue weighted by molar-refractivity contribution is 0.447. The fourth-order valence-electron chi connectivity index (χ4n) is 3.09. The van der Waals surface area contributed by atoms with Crippen molar-refractivity contribution in [3.05, 3.63) is 41.6 Å². The Morgan fingerprint density at radius 3 is 2.28 bits per heavy atom. The van der Waals surface area contributed by atoms with Crippen molar-refractivity contribution < 1.29 is 13.2 Å². The Morgan fingerprint density at radius 2 is 1.68 bits per heavy atom. The van der Waals surface area contributed by atoms with Crippen molar-refractivity contribution in [3.63, 3.8) is 0 Å². The Kier molecular flexibility index (Phi) is 5.17. The highest BCUT2D eigenvalue weighted by molar-refractivity contribution is 5.75. The van der Waals surface area contributed by atoms with Gasteiger partial charge in [0.25, 0.3) is 0 Å². The molecule has 1 aromatic heterocycles. The van der Waals surface area contributed by atoms with Crippen LogP contribution in [0.5, 0.6) is 0 Å². The number of benzene rings is 1. The van der Waals surface area contributed by atoms with Gasteiger partial charge in [-0.3, -0.25) is 0 Å². The molecule has 1 N–H and O–H groups in total. The molecule has 4 nitrogen and oxygen atoms in total. The first-order valence-electron chi connectivity index (χ1n) is 8.27. The predicted octanol–water partition coefficient (Wildman–Crippen LogP) is 4.57. The van der Waals surface area contributed by atoms with Crippen molar-refractivity contribution in [3.8, 4) is 17.2 Å². The van der Waals surface area contributed by atoms with Gasteiger partial charge in [0.15, 0.2) is 17.5 Å². The van der Waals surface area contributed by atoms with Crippen LogP contribution < -0.4 is 5.32 Å². The third-order valence-electron chi connectivity index (χ3n) is 4.38. The zero-order valence-electron chi connectivity index (χ0n) is 13.5. The number of hydrogen-bond donors (Lipinski definition) is 1. The Hall–Kier alpha value is -2.62. The van der Waals surface area contributed by atoms with Crippen LogP contribution in [0, 0.1) is 28.8 Å². The molecule has 3 rings (SSSR count). The van der Waals surface area contributed by atoms with E-state index in [0.29, 0.717) is 11.4 Å². The molecule has 0 saturated heterocycles. The zero-order valence-corrected chi connectivity index (χ0v) is 13.5. The third-order valence-corrected chi connectivity index (χ3v) is 4.38. The molecule has 0 radical (unpaired) electrons. The molecule has 7 heteroatoms. The van der Waals surface area contributed by atoms with Crippen molar-refractivity contribution in [1.82, 2.24) is 9.97 Å². The Balaban J connectivity index is 2.00. The molecule has 130 valence electrons. The summed E-state index contributed by atoms with van der Waals surface area (Å²) >= 11 is 0. The number of nitrogens with one attached hydrogen (secondary N) is 1. The third kappa shape index (κ3) is 3.90. The van der Waals surface area contributed by atoms with Crippen molar-refractivity contribution in [2.24, 2.45) is 0 Å². The van der Waals surface area contributed by atoms with Gasteiger partial charge < -0.3 is 5.32 Å². The summed E-state index contributed by atoms with van der Waals surface area (Å²) in [7, 11) is 0. The quantitative estimate of drug-likeness (QED) is 0.653. The van der Waals surface area contributed by atoms with Crippen molar-refractivity contribution in [1.29, 1.82) is 5.26 Å². The maximum atomic E-state index is 13.6. The van der Waals surface area contributed by atoms with Crippen molar-refractivity contribution in [2.75, 3.05) is 5.32 Å². The van der Waals surface area contributed by atoms with Gasteiger partial charge in [-0.2, -0.15) is 5.26 Å². The summed E-state index contributed by atoms with van der Waals surface area (Å²) < 4.78 is 40.4. The SMILES string of the molecule is N#Cc1ncc(-c2cc(F)c(F)c(F)c2)c(NC2CCCCCC2)n1. The highest BCUT2D eigenvalue weighted by Crippen LogP contribution is 2.30. The highest BCUT2D eigenvalue weighted by Gasteiger charge is 2.19. The number of anilines is 1. The van der Waals surface area contributed by atoms with Crippen LogP contribution in [0.1, 0.15) is 44.3 Å². The zero-order chi connectivity index (χ0) is 17.8. The topological polar surface area (TPSA) is 61.6 Å². The molecule has 1 aliphatic rings. The van der Waals surface area contributed by atoms with Gasteiger partial charge in [0, 0.05) is 17.8 Å². The van der Waals surface area contributed by atoms with Gasteiger partial charge in [-0.05, 0) is 30.5 Å². The molecule has 1 saturated carbocycles. The van der Waals surface area contributed by atoms with Crippen molar-refractivity contribution >= 4 is 5.82 Å². The molecular formula is C18H17F3N4. The summed E-state index contributed by atoms with van der Waals surface area (Å²) in [6.07, 6.45) is 7.76. The van der Waals surface area contributed by atoms with Crippen LogP contribution in [-0.2, 0) is 0 Å². The Bertz CT molecular complexity index is 785. The molecule has 0 spiro atoms. The largest absolute Gasteiger partial charge is 0.367 e. The van der Waals surface area contributed by atoms with Gasteiger partial charge in [0.2, 0.25) is 5.82 Å². The van der Waals surface area contributed by atoms with E-state index in [1.807, 2.05) is 6.07 Å². The monoisotopic (exact) mass is 346 g/mol. The van der Waals surface area contributed by atoms with E-state index >= 15 is 0 Å². The number of halogens is 3. The molecule has 0 amide bonds. The summed E-state index contributed by atoms with van der Waals surface area (Å²) in [5.74, 6) is -3.78. The predicted molar refractivity (Wildman–Crippen MR) is 87.2 cm³/mol. The van der Waals surface area contributed by atoms with Crippen LogP contribution in [0.4, 0.5) is 19.0 Å². The number of nitrogens with zero attached hydrogens (tertiary/aromatic N) is 3. The van der Waals surface area contributed by atoms with E-state index in [9.17, 15) is 13.2 Å². The molecule has 1 fully saturated rings. The molecule has 0 aliphatic heterocycles. The molecule has 0 bridgehead atoms. The van der Waals surface area contributed by atoms with E-state index < -0.39 is 17.5 Å². The summed E-state index contributed by atoms with van der Waals surface area (Å²) in [5, 5.41) is 12.3. The van der Waals surface area contributed by atoms with Crippen molar-refractivity contribution in [2.45, 2.75) is 44.6 Å². The molecule has 0 atom stereocenters. The van der Waals surface area contributed by atoms with Crippen LogP contribution in [-0.4, -0.2) is 16.0 Å². The first-order chi connectivity index (χ1) is 12.1. The molecule has 1 aromatic carbocycles. The maximum Gasteiger partial charge on any atom is 0.234 e. The maximum absolute atomic E-state index is 13.6. The highest BCUT2D eigenvalue weighted by atomic mass is 19.2. The number of hydrogen-bond acceptors (Lipinski definition) is 4. The molecule has 1 heterocycles. The molecule has 1 aliphatic carbocycles. The lowest BCUT2D eigenvalue weighted by Crippen LogP contribution is -2.20. The normalized spacial score (nSPS) is 15.4. The first kappa shape index (κ1) is 17.2. The van der Waals surface area contributed by atoms with E-state index in [0.717, 1.165) is 37.8 Å². The number of rotatable bonds is 3. The van der Waals surface area contributed by atoms with E-state index in [1.54, 1.807) is 0 Å². The van der Waals surface area contributed by atoms with Crippen LogP contribution in [0.2, 0.25) is 0 Å². The molecular weight excluding hydrogens is 329 g/mol. The van der Waals surface area contributed by atoms with Crippen LogP contribution in [0.15, 0.2) is 18.3 Å². The average molecular weight is 346 g/mol. The number of nitriles is 1. The second kappa shape index (κ2) is 7.51. The summed E-state index contributed by atoms with van der Waals surface area (Å²) in [6.45, 7) is 0. The summed E-state index contributed by atoms with van der Waals surface area (Å²) in [5.41, 5.74) is 0.457. The minimum absolute atomic E-state index is 0.0390. The van der Waals surface area contributed by atoms with E-state index in [2.05, 4.69) is 15.3 Å². The van der Waals surface area contributed by atoms with E-state index in [-0.39, 0.29) is 17.4 Å². The van der Waals surface area contributed by atoms with Crippen LogP contribution in [0.25, 0.3) is 11.1 Å².